The number of carbonyl (C=O) groups is 1. The molecule has 6 nitrogen and oxygen atoms in total. The first-order valence-corrected chi connectivity index (χ1v) is 7.05. The van der Waals surface area contributed by atoms with Gasteiger partial charge in [0.1, 0.15) is 5.82 Å². The van der Waals surface area contributed by atoms with Crippen molar-refractivity contribution in [2.75, 3.05) is 25.1 Å². The maximum atomic E-state index is 10.9. The second-order valence-corrected chi connectivity index (χ2v) is 5.35. The highest BCUT2D eigenvalue weighted by Crippen LogP contribution is 2.18. The van der Waals surface area contributed by atoms with E-state index in [1.54, 1.807) is 6.92 Å². The van der Waals surface area contributed by atoms with Gasteiger partial charge in [-0.1, -0.05) is 6.07 Å². The van der Waals surface area contributed by atoms with Crippen LogP contribution in [0.5, 0.6) is 0 Å². The van der Waals surface area contributed by atoms with E-state index in [9.17, 15) is 4.79 Å². The Hall–Kier alpha value is -1.66. The van der Waals surface area contributed by atoms with Gasteiger partial charge in [-0.05, 0) is 43.5 Å². The van der Waals surface area contributed by atoms with Gasteiger partial charge in [0.15, 0.2) is 0 Å². The van der Waals surface area contributed by atoms with Crippen LogP contribution in [0, 0.1) is 5.92 Å². The number of piperidine rings is 1. The second kappa shape index (κ2) is 7.21. The lowest BCUT2D eigenvalue weighted by Gasteiger charge is -2.31. The fourth-order valence-corrected chi connectivity index (χ4v) is 2.50. The maximum Gasteiger partial charge on any atom is 0.216 e. The molecule has 20 heavy (non-hydrogen) atoms. The zero-order valence-corrected chi connectivity index (χ0v) is 11.9. The standard InChI is InChI=1S/C14H23N5O/c1-11(20)16-8-12-4-6-19(7-5-12)10-13-2-3-14(18-15)17-9-13/h2-3,9,12H,4-8,10,15H2,1H3,(H,16,20)(H,17,18). The Bertz CT molecular complexity index is 426. The van der Waals surface area contributed by atoms with Crippen molar-refractivity contribution in [2.45, 2.75) is 26.3 Å². The van der Waals surface area contributed by atoms with E-state index in [4.69, 9.17) is 5.84 Å². The molecule has 0 radical (unpaired) electrons. The van der Waals surface area contributed by atoms with Gasteiger partial charge in [0.25, 0.3) is 0 Å². The van der Waals surface area contributed by atoms with Crippen molar-refractivity contribution in [1.82, 2.24) is 15.2 Å². The lowest BCUT2D eigenvalue weighted by molar-refractivity contribution is -0.119. The van der Waals surface area contributed by atoms with Gasteiger partial charge >= 0.3 is 0 Å². The number of pyridine rings is 1. The monoisotopic (exact) mass is 277 g/mol. The minimum absolute atomic E-state index is 0.0621. The summed E-state index contributed by atoms with van der Waals surface area (Å²) >= 11 is 0. The Morgan fingerprint density at radius 1 is 1.45 bits per heavy atom. The minimum Gasteiger partial charge on any atom is -0.356 e. The van der Waals surface area contributed by atoms with E-state index in [1.165, 1.54) is 5.56 Å². The van der Waals surface area contributed by atoms with Crippen LogP contribution in [0.1, 0.15) is 25.3 Å². The molecule has 1 aliphatic heterocycles. The predicted octanol–water partition coefficient (Wildman–Crippen LogP) is 0.715. The van der Waals surface area contributed by atoms with Gasteiger partial charge in [-0.2, -0.15) is 0 Å². The van der Waals surface area contributed by atoms with E-state index in [0.717, 1.165) is 39.0 Å². The Morgan fingerprint density at radius 3 is 2.75 bits per heavy atom. The molecule has 6 heteroatoms. The van der Waals surface area contributed by atoms with E-state index >= 15 is 0 Å². The van der Waals surface area contributed by atoms with E-state index in [2.05, 4.69) is 20.6 Å². The summed E-state index contributed by atoms with van der Waals surface area (Å²) < 4.78 is 0. The zero-order valence-electron chi connectivity index (χ0n) is 11.9. The molecule has 0 bridgehead atoms. The largest absolute Gasteiger partial charge is 0.356 e. The molecule has 2 heterocycles. The van der Waals surface area contributed by atoms with E-state index < -0.39 is 0 Å². The summed E-state index contributed by atoms with van der Waals surface area (Å²) in [5.74, 6) is 6.65. The molecule has 1 fully saturated rings. The van der Waals surface area contributed by atoms with Crippen LogP contribution in [0.15, 0.2) is 18.3 Å². The van der Waals surface area contributed by atoms with E-state index in [-0.39, 0.29) is 5.91 Å². The lowest BCUT2D eigenvalue weighted by Crippen LogP contribution is -2.37. The molecule has 1 aliphatic rings. The molecule has 0 unspecified atom stereocenters. The number of carbonyl (C=O) groups excluding carboxylic acids is 1. The summed E-state index contributed by atoms with van der Waals surface area (Å²) in [4.78, 5) is 17.5. The Kier molecular flexibility index (Phi) is 5.31. The molecule has 1 aromatic rings. The van der Waals surface area contributed by atoms with E-state index in [1.807, 2.05) is 18.3 Å². The Balaban J connectivity index is 1.74. The summed E-state index contributed by atoms with van der Waals surface area (Å²) in [5.41, 5.74) is 3.73. The van der Waals surface area contributed by atoms with Crippen LogP contribution in [-0.4, -0.2) is 35.4 Å². The molecule has 0 spiro atoms. The number of hydrogen-bond donors (Lipinski definition) is 3. The molecule has 1 amide bonds. The summed E-state index contributed by atoms with van der Waals surface area (Å²) in [6, 6.07) is 3.93. The number of nitrogen functional groups attached to an aromatic ring is 1. The van der Waals surface area contributed by atoms with Gasteiger partial charge in [0, 0.05) is 26.2 Å². The lowest BCUT2D eigenvalue weighted by atomic mass is 9.96. The Labute approximate surface area is 119 Å². The van der Waals surface area contributed by atoms with Crippen molar-refractivity contribution >= 4 is 11.7 Å². The number of hydrogen-bond acceptors (Lipinski definition) is 5. The highest BCUT2D eigenvalue weighted by molar-refractivity contribution is 5.72. The molecule has 0 saturated carbocycles. The van der Waals surface area contributed by atoms with E-state index in [0.29, 0.717) is 11.7 Å². The minimum atomic E-state index is 0.0621. The number of hydrazine groups is 1. The van der Waals surface area contributed by atoms with Crippen molar-refractivity contribution < 1.29 is 4.79 Å². The van der Waals surface area contributed by atoms with Crippen LogP contribution in [0.2, 0.25) is 0 Å². The van der Waals surface area contributed by atoms with Gasteiger partial charge in [-0.15, -0.1) is 0 Å². The third-order valence-corrected chi connectivity index (χ3v) is 3.73. The Morgan fingerprint density at radius 2 is 2.20 bits per heavy atom. The number of nitrogens with two attached hydrogens (primary N) is 1. The normalized spacial score (nSPS) is 16.9. The third-order valence-electron chi connectivity index (χ3n) is 3.73. The van der Waals surface area contributed by atoms with Crippen LogP contribution < -0.4 is 16.6 Å². The molecular formula is C14H23N5O. The molecule has 0 aromatic carbocycles. The number of nitrogens with zero attached hydrogens (tertiary/aromatic N) is 2. The topological polar surface area (TPSA) is 83.3 Å². The zero-order chi connectivity index (χ0) is 14.4. The summed E-state index contributed by atoms with van der Waals surface area (Å²) in [6.45, 7) is 5.44. The van der Waals surface area contributed by atoms with Crippen LogP contribution in [-0.2, 0) is 11.3 Å². The SMILES string of the molecule is CC(=O)NCC1CCN(Cc2ccc(NN)nc2)CC1. The van der Waals surface area contributed by atoms with Gasteiger partial charge in [0.2, 0.25) is 5.91 Å². The maximum absolute atomic E-state index is 10.9. The van der Waals surface area contributed by atoms with Crippen molar-refractivity contribution in [2.24, 2.45) is 11.8 Å². The molecule has 0 aliphatic carbocycles. The highest BCUT2D eigenvalue weighted by Gasteiger charge is 2.19. The van der Waals surface area contributed by atoms with Crippen molar-refractivity contribution in [1.29, 1.82) is 0 Å². The fraction of sp³-hybridized carbons (Fsp3) is 0.571. The van der Waals surface area contributed by atoms with Crippen LogP contribution in [0.4, 0.5) is 5.82 Å². The van der Waals surface area contributed by atoms with Crippen molar-refractivity contribution in [3.63, 3.8) is 0 Å². The van der Waals surface area contributed by atoms with Crippen molar-refractivity contribution in [3.05, 3.63) is 23.9 Å². The number of anilines is 1. The molecule has 2 rings (SSSR count). The van der Waals surface area contributed by atoms with Gasteiger partial charge < -0.3 is 10.7 Å². The smallest absolute Gasteiger partial charge is 0.216 e. The molecule has 4 N–H and O–H groups in total. The first kappa shape index (κ1) is 14.7. The number of amides is 1. The molecule has 1 aromatic heterocycles. The van der Waals surface area contributed by atoms with Crippen LogP contribution in [0.25, 0.3) is 0 Å². The van der Waals surface area contributed by atoms with Gasteiger partial charge in [0.05, 0.1) is 0 Å². The quantitative estimate of drug-likeness (QED) is 0.545. The predicted molar refractivity (Wildman–Crippen MR) is 78.7 cm³/mol. The number of likely N-dealkylation sites (tertiary alicyclic amines) is 1. The average Bonchev–Trinajstić information content (AvgIpc) is 2.47. The summed E-state index contributed by atoms with van der Waals surface area (Å²) in [5, 5.41) is 2.91. The average molecular weight is 277 g/mol. The van der Waals surface area contributed by atoms with Crippen LogP contribution in [0.3, 0.4) is 0 Å². The second-order valence-electron chi connectivity index (χ2n) is 5.35. The number of aromatic nitrogens is 1. The molecule has 110 valence electrons. The number of nitrogens with one attached hydrogen (secondary N) is 2. The third kappa shape index (κ3) is 4.47. The number of rotatable bonds is 5. The highest BCUT2D eigenvalue weighted by atomic mass is 16.1. The first-order chi connectivity index (χ1) is 9.67. The molecular weight excluding hydrogens is 254 g/mol. The summed E-state index contributed by atoms with van der Waals surface area (Å²) in [6.07, 6.45) is 4.13. The van der Waals surface area contributed by atoms with Crippen molar-refractivity contribution in [3.8, 4) is 0 Å². The molecule has 0 atom stereocenters. The van der Waals surface area contributed by atoms with Gasteiger partial charge in [-0.25, -0.2) is 10.8 Å². The molecule has 1 saturated heterocycles. The fourth-order valence-electron chi connectivity index (χ4n) is 2.50. The van der Waals surface area contributed by atoms with Gasteiger partial charge in [-0.3, -0.25) is 9.69 Å². The van der Waals surface area contributed by atoms with Crippen LogP contribution >= 0.6 is 0 Å². The summed E-state index contributed by atoms with van der Waals surface area (Å²) in [7, 11) is 0. The first-order valence-electron chi connectivity index (χ1n) is 7.05.